The maximum absolute atomic E-state index is 12.4. The molecular formula is C21H17N3O3S. The highest BCUT2D eigenvalue weighted by molar-refractivity contribution is 7.09. The van der Waals surface area contributed by atoms with E-state index < -0.39 is 5.91 Å². The van der Waals surface area contributed by atoms with Gasteiger partial charge in [0.05, 0.1) is 16.8 Å². The predicted octanol–water partition coefficient (Wildman–Crippen LogP) is 4.94. The molecule has 0 saturated carbocycles. The second kappa shape index (κ2) is 8.06. The molecule has 0 atom stereocenters. The average Bonchev–Trinajstić information content (AvgIpc) is 3.37. The van der Waals surface area contributed by atoms with Crippen LogP contribution in [-0.2, 0) is 6.61 Å². The van der Waals surface area contributed by atoms with Crippen molar-refractivity contribution in [1.82, 2.24) is 10.1 Å². The lowest BCUT2D eigenvalue weighted by Crippen LogP contribution is -2.10. The third kappa shape index (κ3) is 4.27. The third-order valence-electron chi connectivity index (χ3n) is 3.98. The zero-order chi connectivity index (χ0) is 19.3. The second-order valence-electron chi connectivity index (χ2n) is 6.09. The Morgan fingerprint density at radius 2 is 2.00 bits per heavy atom. The Kier molecular flexibility index (Phi) is 5.16. The number of amides is 1. The molecule has 7 heteroatoms. The monoisotopic (exact) mass is 391 g/mol. The lowest BCUT2D eigenvalue weighted by molar-refractivity contribution is 0.0987. The summed E-state index contributed by atoms with van der Waals surface area (Å²) in [6.07, 6.45) is 0. The fourth-order valence-corrected chi connectivity index (χ4v) is 3.23. The number of hydrogen-bond acceptors (Lipinski definition) is 6. The van der Waals surface area contributed by atoms with Crippen LogP contribution in [0.4, 0.5) is 5.69 Å². The quantitative estimate of drug-likeness (QED) is 0.504. The number of thiazole rings is 1. The summed E-state index contributed by atoms with van der Waals surface area (Å²) < 4.78 is 10.7. The van der Waals surface area contributed by atoms with Crippen LogP contribution < -0.4 is 10.1 Å². The first kappa shape index (κ1) is 17.9. The minimum Gasteiger partial charge on any atom is -0.471 e. The number of nitrogens with one attached hydrogen (secondary N) is 1. The molecule has 0 spiro atoms. The van der Waals surface area contributed by atoms with Crippen molar-refractivity contribution in [2.45, 2.75) is 13.5 Å². The molecule has 2 heterocycles. The van der Waals surface area contributed by atoms with Crippen LogP contribution in [0.1, 0.15) is 21.1 Å². The third-order valence-corrected chi connectivity index (χ3v) is 4.75. The van der Waals surface area contributed by atoms with Crippen LogP contribution in [0, 0.1) is 6.92 Å². The topological polar surface area (TPSA) is 77.2 Å². The van der Waals surface area contributed by atoms with Gasteiger partial charge in [-0.15, -0.1) is 11.3 Å². The van der Waals surface area contributed by atoms with E-state index in [1.54, 1.807) is 11.3 Å². The lowest BCUT2D eigenvalue weighted by Gasteiger charge is -2.04. The number of aromatic nitrogens is 2. The van der Waals surface area contributed by atoms with Crippen molar-refractivity contribution in [3.8, 4) is 17.1 Å². The Bertz CT molecular complexity index is 1090. The molecule has 2 aromatic carbocycles. The summed E-state index contributed by atoms with van der Waals surface area (Å²) in [5.74, 6) is -0.0488. The maximum Gasteiger partial charge on any atom is 0.294 e. The van der Waals surface area contributed by atoms with E-state index in [0.29, 0.717) is 12.3 Å². The largest absolute Gasteiger partial charge is 0.471 e. The van der Waals surface area contributed by atoms with Crippen molar-refractivity contribution in [1.29, 1.82) is 0 Å². The van der Waals surface area contributed by atoms with Crippen LogP contribution >= 0.6 is 11.3 Å². The number of benzene rings is 2. The summed E-state index contributed by atoms with van der Waals surface area (Å²) in [7, 11) is 0. The number of anilines is 1. The number of aryl methyl sites for hydroxylation is 1. The van der Waals surface area contributed by atoms with Gasteiger partial charge in [-0.3, -0.25) is 4.79 Å². The van der Waals surface area contributed by atoms with E-state index >= 15 is 0 Å². The van der Waals surface area contributed by atoms with Gasteiger partial charge in [-0.25, -0.2) is 4.98 Å². The van der Waals surface area contributed by atoms with Gasteiger partial charge in [0.1, 0.15) is 6.61 Å². The highest BCUT2D eigenvalue weighted by atomic mass is 32.1. The SMILES string of the molecule is Cc1nc(-c2cccc(NC(=O)c3cc(OCc4ccccc4)no3)c2)cs1. The molecule has 0 aliphatic heterocycles. The number of nitrogens with zero attached hydrogens (tertiary/aromatic N) is 2. The summed E-state index contributed by atoms with van der Waals surface area (Å²) in [6.45, 7) is 2.31. The van der Waals surface area contributed by atoms with Gasteiger partial charge in [-0.1, -0.05) is 42.5 Å². The summed E-state index contributed by atoms with van der Waals surface area (Å²) in [5.41, 5.74) is 3.48. The van der Waals surface area contributed by atoms with Crippen molar-refractivity contribution in [3.05, 3.63) is 82.4 Å². The molecule has 0 unspecified atom stereocenters. The number of rotatable bonds is 6. The molecule has 140 valence electrons. The lowest BCUT2D eigenvalue weighted by atomic mass is 10.1. The highest BCUT2D eigenvalue weighted by Gasteiger charge is 2.15. The molecule has 6 nitrogen and oxygen atoms in total. The van der Waals surface area contributed by atoms with Crippen LogP contribution in [0.25, 0.3) is 11.3 Å². The van der Waals surface area contributed by atoms with E-state index in [9.17, 15) is 4.79 Å². The molecule has 0 saturated heterocycles. The Morgan fingerprint density at radius 3 is 2.79 bits per heavy atom. The first-order chi connectivity index (χ1) is 13.7. The Balaban J connectivity index is 1.41. The Hall–Kier alpha value is -3.45. The molecule has 0 aliphatic carbocycles. The number of hydrogen-bond donors (Lipinski definition) is 1. The molecule has 4 rings (SSSR count). The van der Waals surface area contributed by atoms with E-state index in [1.807, 2.05) is 66.9 Å². The molecule has 2 aromatic heterocycles. The molecule has 0 bridgehead atoms. The minimum absolute atomic E-state index is 0.0815. The minimum atomic E-state index is -0.395. The van der Waals surface area contributed by atoms with Gasteiger partial charge in [-0.05, 0) is 29.8 Å². The van der Waals surface area contributed by atoms with Crippen LogP contribution in [0.5, 0.6) is 5.88 Å². The van der Waals surface area contributed by atoms with E-state index in [2.05, 4.69) is 15.5 Å². The van der Waals surface area contributed by atoms with Crippen LogP contribution in [0.15, 0.2) is 70.6 Å². The van der Waals surface area contributed by atoms with Gasteiger partial charge in [0, 0.05) is 16.6 Å². The smallest absolute Gasteiger partial charge is 0.294 e. The van der Waals surface area contributed by atoms with E-state index in [0.717, 1.165) is 21.8 Å². The summed E-state index contributed by atoms with van der Waals surface area (Å²) in [6, 6.07) is 18.7. The highest BCUT2D eigenvalue weighted by Crippen LogP contribution is 2.24. The molecule has 4 aromatic rings. The van der Waals surface area contributed by atoms with Crippen LogP contribution in [0.3, 0.4) is 0 Å². The van der Waals surface area contributed by atoms with Gasteiger partial charge in [-0.2, -0.15) is 0 Å². The molecule has 0 radical (unpaired) electrons. The van der Waals surface area contributed by atoms with Crippen LogP contribution in [-0.4, -0.2) is 16.0 Å². The Labute approximate surface area is 165 Å². The normalized spacial score (nSPS) is 10.6. The average molecular weight is 391 g/mol. The molecule has 0 fully saturated rings. The zero-order valence-corrected chi connectivity index (χ0v) is 15.9. The Morgan fingerprint density at radius 1 is 1.14 bits per heavy atom. The number of ether oxygens (including phenoxy) is 1. The second-order valence-corrected chi connectivity index (χ2v) is 7.15. The molecule has 0 aliphatic rings. The van der Waals surface area contributed by atoms with Gasteiger partial charge in [0.15, 0.2) is 0 Å². The van der Waals surface area contributed by atoms with Gasteiger partial charge in [0.2, 0.25) is 5.76 Å². The first-order valence-electron chi connectivity index (χ1n) is 8.65. The molecule has 1 N–H and O–H groups in total. The van der Waals surface area contributed by atoms with Crippen molar-refractivity contribution < 1.29 is 14.1 Å². The van der Waals surface area contributed by atoms with Crippen molar-refractivity contribution >= 4 is 22.9 Å². The first-order valence-corrected chi connectivity index (χ1v) is 9.53. The van der Waals surface area contributed by atoms with Crippen molar-refractivity contribution in [3.63, 3.8) is 0 Å². The van der Waals surface area contributed by atoms with Crippen molar-refractivity contribution in [2.75, 3.05) is 5.32 Å². The molecule has 1 amide bonds. The number of carbonyl (C=O) groups is 1. The van der Waals surface area contributed by atoms with E-state index in [4.69, 9.17) is 9.26 Å². The summed E-state index contributed by atoms with van der Waals surface area (Å²) in [5, 5.41) is 9.59. The predicted molar refractivity (Wildman–Crippen MR) is 108 cm³/mol. The van der Waals surface area contributed by atoms with Crippen molar-refractivity contribution in [2.24, 2.45) is 0 Å². The van der Waals surface area contributed by atoms with Gasteiger partial charge in [0.25, 0.3) is 11.8 Å². The van der Waals surface area contributed by atoms with E-state index in [-0.39, 0.29) is 11.6 Å². The van der Waals surface area contributed by atoms with Gasteiger partial charge >= 0.3 is 0 Å². The summed E-state index contributed by atoms with van der Waals surface area (Å²) >= 11 is 1.59. The standard InChI is InChI=1S/C21H17N3O3S/c1-14-22-18(13-28-14)16-8-5-9-17(10-16)23-21(25)19-11-20(24-27-19)26-12-15-6-3-2-4-7-15/h2-11,13H,12H2,1H3,(H,23,25). The molecular weight excluding hydrogens is 374 g/mol. The number of carbonyl (C=O) groups excluding carboxylic acids is 1. The van der Waals surface area contributed by atoms with Crippen LogP contribution in [0.2, 0.25) is 0 Å². The maximum atomic E-state index is 12.4. The summed E-state index contributed by atoms with van der Waals surface area (Å²) in [4.78, 5) is 16.9. The van der Waals surface area contributed by atoms with Gasteiger partial charge < -0.3 is 14.6 Å². The van der Waals surface area contributed by atoms with E-state index in [1.165, 1.54) is 6.07 Å². The fourth-order valence-electron chi connectivity index (χ4n) is 2.61. The molecule has 28 heavy (non-hydrogen) atoms. The fraction of sp³-hybridized carbons (Fsp3) is 0.0952. The zero-order valence-electron chi connectivity index (χ0n) is 15.1.